The molecule has 0 rings (SSSR count). The monoisotopic (exact) mass is 273 g/mol. The Morgan fingerprint density at radius 2 is 1.74 bits per heavy atom. The molecule has 0 spiro atoms. The smallest absolute Gasteiger partial charge is 0.317 e. The van der Waals surface area contributed by atoms with Crippen LogP contribution in [0, 0.1) is 11.8 Å². The molecule has 0 fully saturated rings. The van der Waals surface area contributed by atoms with Crippen LogP contribution in [0.1, 0.15) is 20.3 Å². The summed E-state index contributed by atoms with van der Waals surface area (Å²) in [4.78, 5) is 26.4. The fraction of sp³-hybridized carbons (Fsp3) is 0.846. The quantitative estimate of drug-likeness (QED) is 0.690. The second-order valence-electron chi connectivity index (χ2n) is 5.45. The predicted octanol–water partition coefficient (Wildman–Crippen LogP) is 0.936. The number of hydrogen-bond acceptors (Lipinski definition) is 3. The Morgan fingerprint density at radius 3 is 2.16 bits per heavy atom. The summed E-state index contributed by atoms with van der Waals surface area (Å²) in [5.41, 5.74) is 0. The van der Waals surface area contributed by atoms with Gasteiger partial charge in [0.05, 0.1) is 5.92 Å². The van der Waals surface area contributed by atoms with Gasteiger partial charge in [-0.05, 0) is 33.0 Å². The second kappa shape index (κ2) is 8.74. The summed E-state index contributed by atoms with van der Waals surface area (Å²) in [5.74, 6) is -1.42. The van der Waals surface area contributed by atoms with Crippen molar-refractivity contribution < 1.29 is 14.7 Å². The number of carbonyl (C=O) groups excluding carboxylic acids is 1. The van der Waals surface area contributed by atoms with Crippen LogP contribution >= 0.6 is 0 Å². The van der Waals surface area contributed by atoms with Crippen molar-refractivity contribution in [3.05, 3.63) is 0 Å². The van der Waals surface area contributed by atoms with Crippen LogP contribution in [0.25, 0.3) is 0 Å². The first-order valence-electron chi connectivity index (χ1n) is 6.62. The zero-order chi connectivity index (χ0) is 15.0. The van der Waals surface area contributed by atoms with Crippen LogP contribution in [0.2, 0.25) is 0 Å². The molecule has 2 N–H and O–H groups in total. The lowest BCUT2D eigenvalue weighted by Crippen LogP contribution is -2.42. The van der Waals surface area contributed by atoms with E-state index in [1.54, 1.807) is 11.9 Å². The first-order valence-corrected chi connectivity index (χ1v) is 6.62. The molecule has 0 aliphatic carbocycles. The fourth-order valence-corrected chi connectivity index (χ4v) is 1.67. The molecule has 0 radical (unpaired) electrons. The minimum atomic E-state index is -0.870. The average Bonchev–Trinajstić information content (AvgIpc) is 2.27. The van der Waals surface area contributed by atoms with Crippen LogP contribution in [-0.4, -0.2) is 67.7 Å². The summed E-state index contributed by atoms with van der Waals surface area (Å²) >= 11 is 0. The van der Waals surface area contributed by atoms with Gasteiger partial charge in [-0.2, -0.15) is 0 Å². The highest BCUT2D eigenvalue weighted by molar-refractivity contribution is 5.75. The molecule has 0 aliphatic rings. The Morgan fingerprint density at radius 1 is 1.16 bits per heavy atom. The van der Waals surface area contributed by atoms with Crippen molar-refractivity contribution in [3.8, 4) is 0 Å². The summed E-state index contributed by atoms with van der Waals surface area (Å²) in [6.07, 6.45) is 0.892. The molecular formula is C13H27N3O3. The molecule has 0 aromatic heterocycles. The number of aliphatic carboxylic acids is 1. The van der Waals surface area contributed by atoms with Crippen LogP contribution in [0.3, 0.4) is 0 Å². The van der Waals surface area contributed by atoms with Crippen molar-refractivity contribution in [2.45, 2.75) is 20.3 Å². The molecule has 112 valence electrons. The molecule has 0 aromatic rings. The lowest BCUT2D eigenvalue weighted by Gasteiger charge is -2.22. The first-order chi connectivity index (χ1) is 8.75. The molecule has 0 heterocycles. The van der Waals surface area contributed by atoms with E-state index in [1.165, 1.54) is 0 Å². The Bertz CT molecular complexity index is 293. The molecule has 6 heteroatoms. The third-order valence-electron chi connectivity index (χ3n) is 3.04. The Labute approximate surface area is 115 Å². The van der Waals surface area contributed by atoms with E-state index in [4.69, 9.17) is 5.11 Å². The molecule has 0 saturated carbocycles. The van der Waals surface area contributed by atoms with E-state index in [0.717, 1.165) is 13.0 Å². The van der Waals surface area contributed by atoms with E-state index in [9.17, 15) is 9.59 Å². The van der Waals surface area contributed by atoms with Crippen LogP contribution in [-0.2, 0) is 4.79 Å². The Hall–Kier alpha value is -1.30. The van der Waals surface area contributed by atoms with E-state index in [1.807, 2.05) is 27.9 Å². The molecule has 1 unspecified atom stereocenters. The number of hydrogen-bond donors (Lipinski definition) is 2. The van der Waals surface area contributed by atoms with Gasteiger partial charge < -0.3 is 20.2 Å². The number of urea groups is 1. The maximum atomic E-state index is 11.8. The van der Waals surface area contributed by atoms with Gasteiger partial charge in [0.25, 0.3) is 0 Å². The molecule has 0 aliphatic heterocycles. The normalized spacial score (nSPS) is 12.6. The zero-order valence-corrected chi connectivity index (χ0v) is 12.6. The van der Waals surface area contributed by atoms with Gasteiger partial charge in [-0.3, -0.25) is 4.79 Å². The summed E-state index contributed by atoms with van der Waals surface area (Å²) in [7, 11) is 5.69. The molecule has 0 aromatic carbocycles. The van der Waals surface area contributed by atoms with E-state index in [0.29, 0.717) is 6.54 Å². The molecule has 2 amide bonds. The lowest BCUT2D eigenvalue weighted by atomic mass is 9.96. The number of rotatable bonds is 8. The summed E-state index contributed by atoms with van der Waals surface area (Å²) in [6.45, 7) is 5.42. The summed E-state index contributed by atoms with van der Waals surface area (Å²) < 4.78 is 0. The minimum absolute atomic E-state index is 0.00292. The van der Waals surface area contributed by atoms with Crippen LogP contribution in [0.5, 0.6) is 0 Å². The van der Waals surface area contributed by atoms with Crippen LogP contribution < -0.4 is 5.32 Å². The van der Waals surface area contributed by atoms with Gasteiger partial charge in [0.1, 0.15) is 0 Å². The van der Waals surface area contributed by atoms with Gasteiger partial charge in [0.2, 0.25) is 0 Å². The van der Waals surface area contributed by atoms with Gasteiger partial charge in [0, 0.05) is 20.1 Å². The number of carbonyl (C=O) groups is 2. The van der Waals surface area contributed by atoms with Crippen molar-refractivity contribution in [2.75, 3.05) is 40.8 Å². The number of carboxylic acid groups (broad SMARTS) is 1. The van der Waals surface area contributed by atoms with E-state index in [2.05, 4.69) is 10.2 Å². The molecule has 1 atom stereocenters. The molecule has 0 saturated heterocycles. The van der Waals surface area contributed by atoms with Gasteiger partial charge in [0.15, 0.2) is 0 Å². The number of nitrogens with zero attached hydrogens (tertiary/aromatic N) is 2. The Balaban J connectivity index is 4.04. The van der Waals surface area contributed by atoms with Crippen LogP contribution in [0.4, 0.5) is 4.79 Å². The highest BCUT2D eigenvalue weighted by Gasteiger charge is 2.22. The number of nitrogens with one attached hydrogen (secondary N) is 1. The van der Waals surface area contributed by atoms with Crippen molar-refractivity contribution in [1.82, 2.24) is 15.1 Å². The van der Waals surface area contributed by atoms with Gasteiger partial charge in [-0.15, -0.1) is 0 Å². The average molecular weight is 273 g/mol. The van der Waals surface area contributed by atoms with E-state index in [-0.39, 0.29) is 18.5 Å². The van der Waals surface area contributed by atoms with Crippen molar-refractivity contribution in [1.29, 1.82) is 0 Å². The van der Waals surface area contributed by atoms with Crippen molar-refractivity contribution in [3.63, 3.8) is 0 Å². The van der Waals surface area contributed by atoms with Gasteiger partial charge in [-0.1, -0.05) is 13.8 Å². The van der Waals surface area contributed by atoms with Gasteiger partial charge >= 0.3 is 12.0 Å². The SMILES string of the molecule is CC(C)C(CNC(=O)N(C)CCCN(C)C)C(=O)O. The molecule has 0 bridgehead atoms. The molecule has 6 nitrogen and oxygen atoms in total. The van der Waals surface area contributed by atoms with E-state index < -0.39 is 11.9 Å². The zero-order valence-electron chi connectivity index (χ0n) is 12.6. The van der Waals surface area contributed by atoms with E-state index >= 15 is 0 Å². The number of amides is 2. The lowest BCUT2D eigenvalue weighted by molar-refractivity contribution is -0.142. The fourth-order valence-electron chi connectivity index (χ4n) is 1.67. The number of carboxylic acids is 1. The molecular weight excluding hydrogens is 246 g/mol. The standard InChI is InChI=1S/C13H27N3O3/c1-10(2)11(12(17)18)9-14-13(19)16(5)8-6-7-15(3)4/h10-11H,6-9H2,1-5H3,(H,14,19)(H,17,18). The first kappa shape index (κ1) is 17.7. The van der Waals surface area contributed by atoms with Crippen LogP contribution in [0.15, 0.2) is 0 Å². The highest BCUT2D eigenvalue weighted by atomic mass is 16.4. The highest BCUT2D eigenvalue weighted by Crippen LogP contribution is 2.09. The van der Waals surface area contributed by atoms with Crippen molar-refractivity contribution in [2.24, 2.45) is 11.8 Å². The second-order valence-corrected chi connectivity index (χ2v) is 5.45. The summed E-state index contributed by atoms with van der Waals surface area (Å²) in [6, 6.07) is -0.217. The predicted molar refractivity (Wildman–Crippen MR) is 75.2 cm³/mol. The third-order valence-corrected chi connectivity index (χ3v) is 3.04. The maximum absolute atomic E-state index is 11.8. The Kier molecular flexibility index (Phi) is 8.14. The van der Waals surface area contributed by atoms with Crippen molar-refractivity contribution >= 4 is 12.0 Å². The minimum Gasteiger partial charge on any atom is -0.481 e. The summed E-state index contributed by atoms with van der Waals surface area (Å²) in [5, 5.41) is 11.7. The topological polar surface area (TPSA) is 72.9 Å². The maximum Gasteiger partial charge on any atom is 0.317 e. The largest absolute Gasteiger partial charge is 0.481 e. The molecule has 19 heavy (non-hydrogen) atoms. The van der Waals surface area contributed by atoms with Gasteiger partial charge in [-0.25, -0.2) is 4.79 Å². The third kappa shape index (κ3) is 7.66.